The Hall–Kier alpha value is 0.110. The zero-order chi connectivity index (χ0) is 10.3. The molecule has 0 unspecified atom stereocenters. The molecule has 0 aromatic heterocycles. The van der Waals surface area contributed by atoms with E-state index in [9.17, 15) is 4.57 Å². The molecule has 0 aliphatic heterocycles. The third-order valence-corrected chi connectivity index (χ3v) is 2.51. The Morgan fingerprint density at radius 1 is 1.38 bits per heavy atom. The van der Waals surface area contributed by atoms with Crippen LogP contribution in [0.25, 0.3) is 0 Å². The molecule has 0 bridgehead atoms. The molecule has 0 rings (SSSR count). The molecule has 0 aromatic rings. The fraction of sp³-hybridized carbons (Fsp3) is 1.00. The highest BCUT2D eigenvalue weighted by Gasteiger charge is 2.16. The van der Waals surface area contributed by atoms with E-state index in [0.29, 0.717) is 0 Å². The highest BCUT2D eigenvalue weighted by molar-refractivity contribution is 7.46. The lowest BCUT2D eigenvalue weighted by molar-refractivity contribution is 0.161. The number of hydrogen-bond acceptors (Lipinski definition) is 2. The molecule has 0 aromatic carbocycles. The first-order valence-corrected chi connectivity index (χ1v) is 6.22. The van der Waals surface area contributed by atoms with E-state index in [1.54, 1.807) is 0 Å². The lowest BCUT2D eigenvalue weighted by Gasteiger charge is -2.14. The van der Waals surface area contributed by atoms with Gasteiger partial charge in [-0.25, -0.2) is 4.57 Å². The van der Waals surface area contributed by atoms with Crippen LogP contribution in [0.4, 0.5) is 0 Å². The maximum Gasteiger partial charge on any atom is 0.469 e. The van der Waals surface area contributed by atoms with E-state index < -0.39 is 7.82 Å². The molecule has 0 heterocycles. The SMILES string of the molecule is CCCC[C@@H](CC)COP(=O)(O)O. The van der Waals surface area contributed by atoms with Gasteiger partial charge in [-0.05, 0) is 12.3 Å². The first-order valence-electron chi connectivity index (χ1n) is 4.69. The Balaban J connectivity index is 3.65. The van der Waals surface area contributed by atoms with Gasteiger partial charge in [0.2, 0.25) is 0 Å². The highest BCUT2D eigenvalue weighted by atomic mass is 31.2. The Labute approximate surface area is 79.5 Å². The molecule has 0 amide bonds. The number of phosphoric ester groups is 1. The maximum absolute atomic E-state index is 10.4. The van der Waals surface area contributed by atoms with Gasteiger partial charge in [-0.3, -0.25) is 4.52 Å². The standard InChI is InChI=1S/C8H19O4P/c1-3-5-6-8(4-2)7-12-13(9,10)11/h8H,3-7H2,1-2H3,(H2,9,10,11)/t8-/m1/s1. The predicted molar refractivity (Wildman–Crippen MR) is 51.3 cm³/mol. The topological polar surface area (TPSA) is 66.8 Å². The van der Waals surface area contributed by atoms with Crippen LogP contribution in [-0.2, 0) is 9.09 Å². The average molecular weight is 210 g/mol. The third kappa shape index (κ3) is 8.44. The van der Waals surface area contributed by atoms with E-state index >= 15 is 0 Å². The number of phosphoric acid groups is 1. The van der Waals surface area contributed by atoms with E-state index in [2.05, 4.69) is 11.4 Å². The van der Waals surface area contributed by atoms with Crippen molar-refractivity contribution in [2.45, 2.75) is 39.5 Å². The number of rotatable bonds is 7. The Kier molecular flexibility index (Phi) is 6.60. The second-order valence-electron chi connectivity index (χ2n) is 3.20. The summed E-state index contributed by atoms with van der Waals surface area (Å²) in [5.41, 5.74) is 0. The lowest BCUT2D eigenvalue weighted by atomic mass is 10.0. The van der Waals surface area contributed by atoms with Crippen molar-refractivity contribution in [3.05, 3.63) is 0 Å². The fourth-order valence-electron chi connectivity index (χ4n) is 1.10. The van der Waals surface area contributed by atoms with Crippen LogP contribution in [0.1, 0.15) is 39.5 Å². The van der Waals surface area contributed by atoms with Gasteiger partial charge in [-0.15, -0.1) is 0 Å². The van der Waals surface area contributed by atoms with Crippen LogP contribution in [0.5, 0.6) is 0 Å². The van der Waals surface area contributed by atoms with Crippen molar-refractivity contribution < 1.29 is 18.9 Å². The first kappa shape index (κ1) is 13.1. The van der Waals surface area contributed by atoms with Crippen molar-refractivity contribution >= 4 is 7.82 Å². The van der Waals surface area contributed by atoms with E-state index in [1.165, 1.54) is 0 Å². The van der Waals surface area contributed by atoms with Gasteiger partial charge in [-0.2, -0.15) is 0 Å². The van der Waals surface area contributed by atoms with Crippen LogP contribution < -0.4 is 0 Å². The van der Waals surface area contributed by atoms with Crippen LogP contribution in [0, 0.1) is 5.92 Å². The summed E-state index contributed by atoms with van der Waals surface area (Å²) in [5, 5.41) is 0. The molecule has 13 heavy (non-hydrogen) atoms. The second kappa shape index (κ2) is 6.55. The molecule has 1 atom stereocenters. The molecule has 0 spiro atoms. The minimum atomic E-state index is -4.26. The summed E-state index contributed by atoms with van der Waals surface area (Å²) in [4.78, 5) is 17.0. The number of hydrogen-bond donors (Lipinski definition) is 2. The zero-order valence-corrected chi connectivity index (χ0v) is 9.17. The summed E-state index contributed by atoms with van der Waals surface area (Å²) in [6, 6.07) is 0. The van der Waals surface area contributed by atoms with E-state index in [4.69, 9.17) is 9.79 Å². The largest absolute Gasteiger partial charge is 0.469 e. The molecule has 80 valence electrons. The molecule has 0 aliphatic carbocycles. The summed E-state index contributed by atoms with van der Waals surface area (Å²) in [6.07, 6.45) is 4.07. The molecule has 0 saturated heterocycles. The quantitative estimate of drug-likeness (QED) is 0.633. The molecule has 0 radical (unpaired) electrons. The third-order valence-electron chi connectivity index (χ3n) is 2.02. The van der Waals surface area contributed by atoms with Crippen LogP contribution in [0.2, 0.25) is 0 Å². The van der Waals surface area contributed by atoms with Gasteiger partial charge >= 0.3 is 7.82 Å². The molecule has 0 saturated carbocycles. The van der Waals surface area contributed by atoms with Gasteiger partial charge in [0.15, 0.2) is 0 Å². The molecule has 2 N–H and O–H groups in total. The van der Waals surface area contributed by atoms with Gasteiger partial charge in [0, 0.05) is 0 Å². The Bertz CT molecular complexity index is 166. The molecule has 4 nitrogen and oxygen atoms in total. The van der Waals surface area contributed by atoms with Gasteiger partial charge in [0.25, 0.3) is 0 Å². The average Bonchev–Trinajstić information content (AvgIpc) is 2.03. The Morgan fingerprint density at radius 3 is 2.38 bits per heavy atom. The van der Waals surface area contributed by atoms with Crippen molar-refractivity contribution in [3.63, 3.8) is 0 Å². The molecular formula is C8H19O4P. The maximum atomic E-state index is 10.4. The van der Waals surface area contributed by atoms with Crippen molar-refractivity contribution in [3.8, 4) is 0 Å². The Morgan fingerprint density at radius 2 is 2.00 bits per heavy atom. The normalized spacial score (nSPS) is 14.5. The zero-order valence-electron chi connectivity index (χ0n) is 8.27. The summed E-state index contributed by atoms with van der Waals surface area (Å²) >= 11 is 0. The lowest BCUT2D eigenvalue weighted by Crippen LogP contribution is -2.07. The second-order valence-corrected chi connectivity index (χ2v) is 4.44. The monoisotopic (exact) mass is 210 g/mol. The fourth-order valence-corrected chi connectivity index (χ4v) is 1.51. The van der Waals surface area contributed by atoms with Crippen LogP contribution in [0.3, 0.4) is 0 Å². The molecule has 0 fully saturated rings. The number of unbranched alkanes of at least 4 members (excludes halogenated alkanes) is 1. The summed E-state index contributed by atoms with van der Waals surface area (Å²) < 4.78 is 14.8. The van der Waals surface area contributed by atoms with Gasteiger partial charge in [-0.1, -0.05) is 33.1 Å². The molecule has 5 heteroatoms. The van der Waals surface area contributed by atoms with E-state index in [-0.39, 0.29) is 12.5 Å². The molecule has 0 aliphatic rings. The van der Waals surface area contributed by atoms with Gasteiger partial charge in [0.1, 0.15) is 0 Å². The minimum Gasteiger partial charge on any atom is -0.303 e. The van der Waals surface area contributed by atoms with Crippen LogP contribution >= 0.6 is 7.82 Å². The van der Waals surface area contributed by atoms with Crippen molar-refractivity contribution in [1.82, 2.24) is 0 Å². The van der Waals surface area contributed by atoms with Crippen molar-refractivity contribution in [2.75, 3.05) is 6.61 Å². The predicted octanol–water partition coefficient (Wildman–Crippen LogP) is 2.31. The summed E-state index contributed by atoms with van der Waals surface area (Å²) in [5.74, 6) is 0.271. The summed E-state index contributed by atoms with van der Waals surface area (Å²) in [6.45, 7) is 4.26. The van der Waals surface area contributed by atoms with E-state index in [1.807, 2.05) is 6.92 Å². The van der Waals surface area contributed by atoms with Crippen molar-refractivity contribution in [1.29, 1.82) is 0 Å². The van der Waals surface area contributed by atoms with Gasteiger partial charge in [0.05, 0.1) is 6.61 Å². The summed E-state index contributed by atoms with van der Waals surface area (Å²) in [7, 11) is -4.26. The first-order chi connectivity index (χ1) is 5.99. The molecular weight excluding hydrogens is 191 g/mol. The minimum absolute atomic E-state index is 0.167. The van der Waals surface area contributed by atoms with Gasteiger partial charge < -0.3 is 9.79 Å². The highest BCUT2D eigenvalue weighted by Crippen LogP contribution is 2.36. The van der Waals surface area contributed by atoms with Crippen LogP contribution in [0.15, 0.2) is 0 Å². The smallest absolute Gasteiger partial charge is 0.303 e. The van der Waals surface area contributed by atoms with Crippen LogP contribution in [-0.4, -0.2) is 16.4 Å². The van der Waals surface area contributed by atoms with Crippen molar-refractivity contribution in [2.24, 2.45) is 5.92 Å². The van der Waals surface area contributed by atoms with E-state index in [0.717, 1.165) is 25.7 Å².